The van der Waals surface area contributed by atoms with E-state index in [1.807, 2.05) is 55.5 Å². The van der Waals surface area contributed by atoms with Crippen LogP contribution < -0.4 is 18.9 Å². The van der Waals surface area contributed by atoms with Crippen LogP contribution in [0.25, 0.3) is 0 Å². The Bertz CT molecular complexity index is 2390. The van der Waals surface area contributed by atoms with E-state index in [9.17, 15) is 14.4 Å². The molecule has 5 aromatic rings. The van der Waals surface area contributed by atoms with E-state index < -0.39 is 17.9 Å². The van der Waals surface area contributed by atoms with Crippen molar-refractivity contribution in [1.29, 1.82) is 0 Å². The largest absolute Gasteiger partial charge is 0.494 e. The summed E-state index contributed by atoms with van der Waals surface area (Å²) in [6.45, 7) is 12.7. The lowest BCUT2D eigenvalue weighted by atomic mass is 10.1. The highest BCUT2D eigenvalue weighted by molar-refractivity contribution is 5.97. The van der Waals surface area contributed by atoms with E-state index in [0.29, 0.717) is 57.2 Å². The molecular weight excluding hydrogens is 797 g/mol. The predicted octanol–water partition coefficient (Wildman–Crippen LogP) is 9.82. The molecule has 0 aromatic heterocycles. The van der Waals surface area contributed by atoms with Gasteiger partial charge >= 0.3 is 17.9 Å². The fourth-order valence-electron chi connectivity index (χ4n) is 5.51. The second kappa shape index (κ2) is 26.1. The van der Waals surface area contributed by atoms with Crippen LogP contribution in [0.15, 0.2) is 141 Å². The standard InChI is InChI=1S/C53H50O10/c1-4-7-36-61-53(56)49-39-48(62-51(54)44-22-14-40(15-23-44)10-12-42-18-26-46(27-19-42)59-37-8-34-57-32-5-2)30-31-50(49)63-52(55)45-24-16-41(17-25-45)11-13-43-20-28-47(29-21-43)60-38-9-35-58-33-6-3/h5-6,14-31,39H,2-4,7-9,32-38H2,1H3. The van der Waals surface area contributed by atoms with Crippen LogP contribution in [0.2, 0.25) is 0 Å². The van der Waals surface area contributed by atoms with Crippen molar-refractivity contribution in [2.24, 2.45) is 0 Å². The van der Waals surface area contributed by atoms with Gasteiger partial charge in [-0.1, -0.05) is 49.2 Å². The first-order valence-electron chi connectivity index (χ1n) is 20.7. The molecule has 0 fully saturated rings. The van der Waals surface area contributed by atoms with Gasteiger partial charge in [0.2, 0.25) is 0 Å². The van der Waals surface area contributed by atoms with Crippen LogP contribution in [0.3, 0.4) is 0 Å². The molecule has 0 aliphatic heterocycles. The maximum absolute atomic E-state index is 13.3. The van der Waals surface area contributed by atoms with Crippen LogP contribution >= 0.6 is 0 Å². The average molecular weight is 847 g/mol. The Kier molecular flexibility index (Phi) is 19.3. The summed E-state index contributed by atoms with van der Waals surface area (Å²) in [5, 5.41) is 0. The molecule has 0 aliphatic rings. The van der Waals surface area contributed by atoms with Crippen molar-refractivity contribution in [2.45, 2.75) is 32.6 Å². The topological polar surface area (TPSA) is 116 Å². The molecule has 10 heteroatoms. The first-order valence-corrected chi connectivity index (χ1v) is 20.7. The van der Waals surface area contributed by atoms with Crippen LogP contribution in [0.5, 0.6) is 23.0 Å². The van der Waals surface area contributed by atoms with Gasteiger partial charge in [-0.3, -0.25) is 0 Å². The monoisotopic (exact) mass is 846 g/mol. The first kappa shape index (κ1) is 46.7. The summed E-state index contributed by atoms with van der Waals surface area (Å²) in [6.07, 6.45) is 6.43. The molecule has 5 aromatic carbocycles. The minimum atomic E-state index is -0.724. The molecule has 5 rings (SSSR count). The number of hydrogen-bond acceptors (Lipinski definition) is 10. The van der Waals surface area contributed by atoms with Gasteiger partial charge in [0.1, 0.15) is 28.6 Å². The highest BCUT2D eigenvalue weighted by atomic mass is 16.6. The number of benzene rings is 5. The normalized spacial score (nSPS) is 10.2. The molecule has 0 unspecified atom stereocenters. The van der Waals surface area contributed by atoms with Gasteiger partial charge in [-0.05, 0) is 122 Å². The van der Waals surface area contributed by atoms with E-state index in [4.69, 9.17) is 33.2 Å². The number of ether oxygens (including phenoxy) is 7. The highest BCUT2D eigenvalue weighted by Gasteiger charge is 2.20. The predicted molar refractivity (Wildman–Crippen MR) is 242 cm³/mol. The summed E-state index contributed by atoms with van der Waals surface area (Å²) >= 11 is 0. The molecular formula is C53H50O10. The minimum absolute atomic E-state index is 0.0475. The Labute approximate surface area is 369 Å². The molecule has 0 heterocycles. The molecule has 0 radical (unpaired) electrons. The van der Waals surface area contributed by atoms with Crippen molar-refractivity contribution in [3.05, 3.63) is 180 Å². The number of carbonyl (C=O) groups excluding carboxylic acids is 3. The third-order valence-electron chi connectivity index (χ3n) is 8.84. The van der Waals surface area contributed by atoms with Gasteiger partial charge in [0.25, 0.3) is 0 Å². The van der Waals surface area contributed by atoms with Crippen molar-refractivity contribution in [1.82, 2.24) is 0 Å². The SMILES string of the molecule is C=CCOCCCOc1ccc(C#Cc2ccc(C(=O)Oc3ccc(OC(=O)c4ccc(C#Cc5ccc(OCCCOCC=C)cc5)cc4)c(C(=O)OCCCC)c3)cc2)cc1. The van der Waals surface area contributed by atoms with E-state index in [0.717, 1.165) is 41.9 Å². The van der Waals surface area contributed by atoms with Gasteiger partial charge in [0, 0.05) is 35.1 Å². The first-order chi connectivity index (χ1) is 30.8. The van der Waals surface area contributed by atoms with E-state index in [1.165, 1.54) is 18.2 Å². The zero-order valence-electron chi connectivity index (χ0n) is 35.4. The van der Waals surface area contributed by atoms with Gasteiger partial charge in [0.05, 0.1) is 57.4 Å². The smallest absolute Gasteiger partial charge is 0.343 e. The number of esters is 3. The van der Waals surface area contributed by atoms with Crippen molar-refractivity contribution < 1.29 is 47.5 Å². The molecule has 0 bridgehead atoms. The Balaban J connectivity index is 1.17. The zero-order chi connectivity index (χ0) is 44.5. The van der Waals surface area contributed by atoms with E-state index >= 15 is 0 Å². The Morgan fingerprint density at radius 1 is 0.492 bits per heavy atom. The van der Waals surface area contributed by atoms with Crippen LogP contribution in [-0.4, -0.2) is 64.2 Å². The van der Waals surface area contributed by atoms with Crippen LogP contribution in [0.1, 0.15) is 85.9 Å². The van der Waals surface area contributed by atoms with Crippen LogP contribution in [0, 0.1) is 23.7 Å². The van der Waals surface area contributed by atoms with Crippen LogP contribution in [-0.2, 0) is 14.2 Å². The van der Waals surface area contributed by atoms with Gasteiger partial charge in [-0.2, -0.15) is 0 Å². The molecule has 63 heavy (non-hydrogen) atoms. The van der Waals surface area contributed by atoms with Crippen molar-refractivity contribution in [3.63, 3.8) is 0 Å². The Hall–Kier alpha value is -7.37. The zero-order valence-corrected chi connectivity index (χ0v) is 35.4. The number of unbranched alkanes of at least 4 members (excludes halogenated alkanes) is 1. The molecule has 0 aliphatic carbocycles. The summed E-state index contributed by atoms with van der Waals surface area (Å²) in [4.78, 5) is 39.6. The number of rotatable bonds is 22. The quantitative estimate of drug-likeness (QED) is 0.0219. The molecule has 10 nitrogen and oxygen atoms in total. The van der Waals surface area contributed by atoms with Gasteiger partial charge < -0.3 is 33.2 Å². The lowest BCUT2D eigenvalue weighted by Crippen LogP contribution is -2.14. The third-order valence-corrected chi connectivity index (χ3v) is 8.84. The number of carbonyl (C=O) groups is 3. The van der Waals surface area contributed by atoms with Gasteiger partial charge in [-0.25, -0.2) is 14.4 Å². The van der Waals surface area contributed by atoms with Crippen molar-refractivity contribution in [2.75, 3.05) is 46.2 Å². The lowest BCUT2D eigenvalue weighted by Gasteiger charge is -2.12. The molecule has 0 saturated carbocycles. The maximum Gasteiger partial charge on any atom is 0.343 e. The van der Waals surface area contributed by atoms with E-state index in [-0.39, 0.29) is 34.8 Å². The summed E-state index contributed by atoms with van der Waals surface area (Å²) < 4.78 is 39.0. The summed E-state index contributed by atoms with van der Waals surface area (Å²) in [6, 6.07) is 32.3. The van der Waals surface area contributed by atoms with E-state index in [2.05, 4.69) is 36.8 Å². The summed E-state index contributed by atoms with van der Waals surface area (Å²) in [5.41, 5.74) is 3.43. The lowest BCUT2D eigenvalue weighted by molar-refractivity contribution is 0.0492. The van der Waals surface area contributed by atoms with Crippen molar-refractivity contribution in [3.8, 4) is 46.7 Å². The van der Waals surface area contributed by atoms with Gasteiger partial charge in [0.15, 0.2) is 0 Å². The number of hydrogen-bond donors (Lipinski definition) is 0. The molecule has 0 atom stereocenters. The Morgan fingerprint density at radius 3 is 1.37 bits per heavy atom. The highest BCUT2D eigenvalue weighted by Crippen LogP contribution is 2.27. The fourth-order valence-corrected chi connectivity index (χ4v) is 5.51. The maximum atomic E-state index is 13.3. The second-order valence-electron chi connectivity index (χ2n) is 13.8. The average Bonchev–Trinajstić information content (AvgIpc) is 3.31. The van der Waals surface area contributed by atoms with E-state index in [1.54, 1.807) is 60.7 Å². The van der Waals surface area contributed by atoms with Gasteiger partial charge in [-0.15, -0.1) is 13.2 Å². The van der Waals surface area contributed by atoms with Crippen molar-refractivity contribution >= 4 is 17.9 Å². The molecule has 322 valence electrons. The van der Waals surface area contributed by atoms with Crippen LogP contribution in [0.4, 0.5) is 0 Å². The molecule has 0 spiro atoms. The molecule has 0 amide bonds. The minimum Gasteiger partial charge on any atom is -0.494 e. The summed E-state index contributed by atoms with van der Waals surface area (Å²) in [5.74, 6) is 11.8. The molecule has 0 N–H and O–H groups in total. The Morgan fingerprint density at radius 2 is 0.921 bits per heavy atom. The third kappa shape index (κ3) is 16.2. The molecule has 0 saturated heterocycles. The second-order valence-corrected chi connectivity index (χ2v) is 13.8. The summed E-state index contributed by atoms with van der Waals surface area (Å²) in [7, 11) is 0. The fraction of sp³-hybridized carbons (Fsp3) is 0.226.